The van der Waals surface area contributed by atoms with Gasteiger partial charge in [0, 0.05) is 37.3 Å². The lowest BCUT2D eigenvalue weighted by atomic mass is 10.0. The molecule has 16 heteroatoms. The van der Waals surface area contributed by atoms with Crippen molar-refractivity contribution in [3.05, 3.63) is 101 Å². The maximum atomic E-state index is 13.9. The zero-order valence-corrected chi connectivity index (χ0v) is 32.0. The van der Waals surface area contributed by atoms with E-state index in [9.17, 15) is 40.8 Å². The molecule has 0 bridgehead atoms. The standard InChI is InChI=1S/C38H49F3N6O6S/c1-7-42-37(51)33(24(2)3)46-36(50)32(22-38(39,40)41)43-23-30(18-26-14-10-8-11-15-26)45-35(49)29-19-28(20-31(21-29)47(5)54(6,52)53)34(48)44-25(4)27-16-12-9-13-17-27/h8-17,19-21,24-25,30,32-33,43H,7,18,22-23H2,1-6H3,(H,42,51)(H,44,48)(H,45,49)(H,46,50)/t25-,30+,32?,33+/m1/s1. The van der Waals surface area contributed by atoms with Crippen LogP contribution >= 0.6 is 0 Å². The SMILES string of the molecule is CCNC(=O)[C@@H](NC(=O)C(CC(F)(F)F)NC[C@H](Cc1ccccc1)NC(=O)c1cc(C(=O)N[C@H](C)c2ccccc2)cc(N(C)S(C)(=O)=O)c1)C(C)C. The van der Waals surface area contributed by atoms with Gasteiger partial charge >= 0.3 is 6.18 Å². The van der Waals surface area contributed by atoms with Crippen LogP contribution in [-0.4, -0.2) is 82.7 Å². The number of hydrogen-bond acceptors (Lipinski definition) is 7. The van der Waals surface area contributed by atoms with E-state index in [1.165, 1.54) is 25.2 Å². The second-order valence-electron chi connectivity index (χ2n) is 13.4. The highest BCUT2D eigenvalue weighted by Crippen LogP contribution is 2.24. The van der Waals surface area contributed by atoms with Gasteiger partial charge in [0.15, 0.2) is 0 Å². The van der Waals surface area contributed by atoms with Gasteiger partial charge in [-0.3, -0.25) is 23.5 Å². The summed E-state index contributed by atoms with van der Waals surface area (Å²) < 4.78 is 67.2. The van der Waals surface area contributed by atoms with Gasteiger partial charge in [0.25, 0.3) is 11.8 Å². The molecule has 0 radical (unpaired) electrons. The van der Waals surface area contributed by atoms with Gasteiger partial charge in [-0.2, -0.15) is 13.2 Å². The number of carbonyl (C=O) groups is 4. The van der Waals surface area contributed by atoms with Crippen molar-refractivity contribution in [3.63, 3.8) is 0 Å². The van der Waals surface area contributed by atoms with E-state index in [1.807, 2.05) is 30.3 Å². The van der Waals surface area contributed by atoms with E-state index >= 15 is 0 Å². The van der Waals surface area contributed by atoms with E-state index in [0.717, 1.165) is 21.7 Å². The molecule has 12 nitrogen and oxygen atoms in total. The van der Waals surface area contributed by atoms with Crippen molar-refractivity contribution in [2.45, 2.75) is 70.9 Å². The number of nitrogens with zero attached hydrogens (tertiary/aromatic N) is 1. The van der Waals surface area contributed by atoms with Gasteiger partial charge in [-0.25, -0.2) is 8.42 Å². The fourth-order valence-corrected chi connectivity index (χ4v) is 6.03. The Morgan fingerprint density at radius 2 is 1.35 bits per heavy atom. The van der Waals surface area contributed by atoms with E-state index < -0.39 is 76.3 Å². The molecular formula is C38H49F3N6O6S. The Hall–Kier alpha value is -4.96. The molecule has 0 aliphatic heterocycles. The minimum absolute atomic E-state index is 0.0117. The quantitative estimate of drug-likeness (QED) is 0.130. The van der Waals surface area contributed by atoms with Gasteiger partial charge in [-0.15, -0.1) is 0 Å². The van der Waals surface area contributed by atoms with Crippen molar-refractivity contribution < 1.29 is 40.8 Å². The first-order valence-electron chi connectivity index (χ1n) is 17.5. The summed E-state index contributed by atoms with van der Waals surface area (Å²) in [6.07, 6.45) is -5.22. The Balaban J connectivity index is 1.95. The smallest absolute Gasteiger partial charge is 0.355 e. The second kappa shape index (κ2) is 19.4. The van der Waals surface area contributed by atoms with Gasteiger partial charge in [0.1, 0.15) is 6.04 Å². The molecule has 0 aromatic heterocycles. The number of carbonyl (C=O) groups excluding carboxylic acids is 4. The second-order valence-corrected chi connectivity index (χ2v) is 15.4. The van der Waals surface area contributed by atoms with Crippen molar-refractivity contribution >= 4 is 39.3 Å². The number of sulfonamides is 1. The number of hydrogen-bond donors (Lipinski definition) is 5. The number of benzene rings is 3. The fourth-order valence-electron chi connectivity index (χ4n) is 5.54. The molecule has 0 heterocycles. The van der Waals surface area contributed by atoms with Crippen LogP contribution in [0.2, 0.25) is 0 Å². The predicted octanol–water partition coefficient (Wildman–Crippen LogP) is 4.10. The first-order chi connectivity index (χ1) is 25.3. The minimum atomic E-state index is -4.76. The maximum absolute atomic E-state index is 13.9. The molecule has 5 N–H and O–H groups in total. The largest absolute Gasteiger partial charge is 0.391 e. The summed E-state index contributed by atoms with van der Waals surface area (Å²) in [4.78, 5) is 53.2. The lowest BCUT2D eigenvalue weighted by Crippen LogP contribution is -2.57. The molecule has 1 unspecified atom stereocenters. The summed E-state index contributed by atoms with van der Waals surface area (Å²) in [5.74, 6) is -3.34. The number of anilines is 1. The van der Waals surface area contributed by atoms with Crippen LogP contribution in [0.15, 0.2) is 78.9 Å². The number of nitrogens with one attached hydrogen (secondary N) is 5. The van der Waals surface area contributed by atoms with Crippen molar-refractivity contribution in [1.82, 2.24) is 26.6 Å². The molecule has 0 aliphatic rings. The lowest BCUT2D eigenvalue weighted by molar-refractivity contribution is -0.150. The van der Waals surface area contributed by atoms with Crippen LogP contribution in [0.4, 0.5) is 18.9 Å². The molecule has 3 aromatic rings. The van der Waals surface area contributed by atoms with Gasteiger partial charge in [0.05, 0.1) is 30.4 Å². The number of rotatable bonds is 18. The summed E-state index contributed by atoms with van der Waals surface area (Å²) in [7, 11) is -2.56. The molecule has 0 spiro atoms. The Labute approximate surface area is 314 Å². The first-order valence-corrected chi connectivity index (χ1v) is 19.3. The third-order valence-corrected chi connectivity index (χ3v) is 9.78. The topological polar surface area (TPSA) is 166 Å². The average Bonchev–Trinajstić information content (AvgIpc) is 3.11. The third-order valence-electron chi connectivity index (χ3n) is 8.57. The Kier molecular flexibility index (Phi) is 15.6. The van der Waals surface area contributed by atoms with Crippen LogP contribution in [0.5, 0.6) is 0 Å². The average molecular weight is 775 g/mol. The summed E-state index contributed by atoms with van der Waals surface area (Å²) in [5.41, 5.74) is 1.45. The van der Waals surface area contributed by atoms with Gasteiger partial charge in [-0.05, 0) is 55.5 Å². The monoisotopic (exact) mass is 774 g/mol. The minimum Gasteiger partial charge on any atom is -0.355 e. The molecular weight excluding hydrogens is 726 g/mol. The van der Waals surface area contributed by atoms with Gasteiger partial charge in [-0.1, -0.05) is 74.5 Å². The molecule has 3 rings (SSSR count). The Morgan fingerprint density at radius 1 is 0.796 bits per heavy atom. The predicted molar refractivity (Wildman–Crippen MR) is 201 cm³/mol. The van der Waals surface area contributed by atoms with E-state index in [2.05, 4.69) is 26.6 Å². The van der Waals surface area contributed by atoms with Crippen molar-refractivity contribution in [2.24, 2.45) is 5.92 Å². The summed E-state index contributed by atoms with van der Waals surface area (Å²) in [6.45, 7) is 6.69. The molecule has 4 amide bonds. The highest BCUT2D eigenvalue weighted by atomic mass is 32.2. The van der Waals surface area contributed by atoms with Crippen LogP contribution in [0.3, 0.4) is 0 Å². The molecule has 3 aromatic carbocycles. The summed E-state index contributed by atoms with van der Waals surface area (Å²) in [6, 6.07) is 17.6. The van der Waals surface area contributed by atoms with Crippen LogP contribution in [0.1, 0.15) is 72.0 Å². The molecule has 54 heavy (non-hydrogen) atoms. The number of alkyl halides is 3. The van der Waals surface area contributed by atoms with E-state index in [-0.39, 0.29) is 36.3 Å². The Morgan fingerprint density at radius 3 is 1.87 bits per heavy atom. The van der Waals surface area contributed by atoms with Crippen LogP contribution in [-0.2, 0) is 26.0 Å². The summed E-state index contributed by atoms with van der Waals surface area (Å²) in [5, 5.41) is 13.3. The summed E-state index contributed by atoms with van der Waals surface area (Å²) >= 11 is 0. The molecule has 0 fully saturated rings. The fraction of sp³-hybridized carbons (Fsp3) is 0.421. The molecule has 4 atom stereocenters. The number of halogens is 3. The zero-order valence-electron chi connectivity index (χ0n) is 31.2. The first kappa shape index (κ1) is 43.4. The molecule has 0 saturated heterocycles. The normalized spacial score (nSPS) is 14.0. The maximum Gasteiger partial charge on any atom is 0.391 e. The van der Waals surface area contributed by atoms with Gasteiger partial charge in [0.2, 0.25) is 21.8 Å². The van der Waals surface area contributed by atoms with Crippen LogP contribution < -0.4 is 30.9 Å². The van der Waals surface area contributed by atoms with Crippen LogP contribution in [0, 0.1) is 5.92 Å². The van der Waals surface area contributed by atoms with E-state index in [1.54, 1.807) is 58.0 Å². The van der Waals surface area contributed by atoms with Crippen LogP contribution in [0.25, 0.3) is 0 Å². The lowest BCUT2D eigenvalue weighted by Gasteiger charge is -2.27. The van der Waals surface area contributed by atoms with Crippen molar-refractivity contribution in [2.75, 3.05) is 30.7 Å². The van der Waals surface area contributed by atoms with Gasteiger partial charge < -0.3 is 26.6 Å². The highest BCUT2D eigenvalue weighted by molar-refractivity contribution is 7.92. The number of likely N-dealkylation sites (N-methyl/N-ethyl adjacent to an activating group) is 1. The molecule has 0 aliphatic carbocycles. The number of amides is 4. The highest BCUT2D eigenvalue weighted by Gasteiger charge is 2.37. The zero-order chi connectivity index (χ0) is 40.2. The van der Waals surface area contributed by atoms with Crippen molar-refractivity contribution in [3.8, 4) is 0 Å². The molecule has 294 valence electrons. The van der Waals surface area contributed by atoms with Crippen molar-refractivity contribution in [1.29, 1.82) is 0 Å². The Bertz CT molecular complexity index is 1840. The van der Waals surface area contributed by atoms with E-state index in [4.69, 9.17) is 0 Å². The van der Waals surface area contributed by atoms with E-state index in [0.29, 0.717) is 0 Å². The third kappa shape index (κ3) is 13.5. The molecule has 0 saturated carbocycles.